The average Bonchev–Trinajstić information content (AvgIpc) is 2.11. The van der Waals surface area contributed by atoms with Crippen molar-refractivity contribution in [1.29, 1.82) is 0 Å². The molecule has 0 aliphatic rings. The normalized spacial score (nSPS) is 14.7. The summed E-state index contributed by atoms with van der Waals surface area (Å²) in [6, 6.07) is 0.561. The molecule has 0 aromatic carbocycles. The van der Waals surface area contributed by atoms with Crippen LogP contribution in [0.5, 0.6) is 0 Å². The SMILES string of the molecule is CC(C)=CCCC(C)NCCCS(C)=O. The summed E-state index contributed by atoms with van der Waals surface area (Å²) in [7, 11) is -0.641. The Kier molecular flexibility index (Phi) is 9.01. The number of allylic oxidation sites excluding steroid dienone is 2. The molecule has 1 N–H and O–H groups in total. The van der Waals surface area contributed by atoms with Crippen molar-refractivity contribution in [2.24, 2.45) is 0 Å². The fraction of sp³-hybridized carbons (Fsp3) is 0.833. The molecule has 0 rings (SSSR count). The van der Waals surface area contributed by atoms with E-state index in [0.717, 1.165) is 25.1 Å². The Balaban J connectivity index is 3.37. The molecule has 0 heterocycles. The first-order valence-corrected chi connectivity index (χ1v) is 7.42. The van der Waals surface area contributed by atoms with Crippen LogP contribution in [0.3, 0.4) is 0 Å². The fourth-order valence-corrected chi connectivity index (χ4v) is 1.90. The first kappa shape index (κ1) is 14.8. The van der Waals surface area contributed by atoms with Gasteiger partial charge >= 0.3 is 0 Å². The highest BCUT2D eigenvalue weighted by atomic mass is 32.2. The van der Waals surface area contributed by atoms with E-state index in [0.29, 0.717) is 6.04 Å². The molecule has 0 bridgehead atoms. The van der Waals surface area contributed by atoms with Crippen molar-refractivity contribution in [3.05, 3.63) is 11.6 Å². The molecule has 2 atom stereocenters. The monoisotopic (exact) mass is 231 g/mol. The Morgan fingerprint density at radius 1 is 1.47 bits per heavy atom. The van der Waals surface area contributed by atoms with E-state index in [1.165, 1.54) is 12.0 Å². The van der Waals surface area contributed by atoms with E-state index in [2.05, 4.69) is 32.2 Å². The van der Waals surface area contributed by atoms with Crippen molar-refractivity contribution in [2.45, 2.75) is 46.1 Å². The molecule has 0 aliphatic heterocycles. The molecular formula is C12H25NOS. The Hall–Kier alpha value is -0.150. The second-order valence-corrected chi connectivity index (χ2v) is 5.90. The summed E-state index contributed by atoms with van der Waals surface area (Å²) >= 11 is 0. The molecule has 2 unspecified atom stereocenters. The van der Waals surface area contributed by atoms with Crippen LogP contribution in [0, 0.1) is 0 Å². The van der Waals surface area contributed by atoms with Crippen LogP contribution in [-0.4, -0.2) is 28.8 Å². The van der Waals surface area contributed by atoms with Gasteiger partial charge in [-0.2, -0.15) is 0 Å². The lowest BCUT2D eigenvalue weighted by Gasteiger charge is -2.12. The van der Waals surface area contributed by atoms with Crippen LogP contribution in [-0.2, 0) is 10.8 Å². The zero-order valence-electron chi connectivity index (χ0n) is 10.5. The zero-order chi connectivity index (χ0) is 11.7. The van der Waals surface area contributed by atoms with E-state index in [9.17, 15) is 4.21 Å². The minimum atomic E-state index is -0.641. The van der Waals surface area contributed by atoms with Gasteiger partial charge in [-0.3, -0.25) is 4.21 Å². The highest BCUT2D eigenvalue weighted by Crippen LogP contribution is 2.01. The quantitative estimate of drug-likeness (QED) is 0.513. The van der Waals surface area contributed by atoms with Gasteiger partial charge in [0.05, 0.1) is 0 Å². The predicted molar refractivity (Wildman–Crippen MR) is 69.7 cm³/mol. The summed E-state index contributed by atoms with van der Waals surface area (Å²) in [5.74, 6) is 0.813. The molecule has 0 saturated carbocycles. The topological polar surface area (TPSA) is 29.1 Å². The van der Waals surface area contributed by atoms with Crippen LogP contribution in [0.15, 0.2) is 11.6 Å². The van der Waals surface area contributed by atoms with Crippen LogP contribution in [0.4, 0.5) is 0 Å². The molecule has 90 valence electrons. The first-order valence-electron chi connectivity index (χ1n) is 5.69. The maximum absolute atomic E-state index is 10.8. The van der Waals surface area contributed by atoms with Gasteiger partial charge in [0.25, 0.3) is 0 Å². The minimum Gasteiger partial charge on any atom is -0.314 e. The molecule has 15 heavy (non-hydrogen) atoms. The van der Waals surface area contributed by atoms with Gasteiger partial charge in [-0.25, -0.2) is 0 Å². The number of nitrogens with one attached hydrogen (secondary N) is 1. The van der Waals surface area contributed by atoms with Gasteiger partial charge in [0.1, 0.15) is 0 Å². The largest absolute Gasteiger partial charge is 0.314 e. The lowest BCUT2D eigenvalue weighted by Crippen LogP contribution is -2.27. The summed E-state index contributed by atoms with van der Waals surface area (Å²) in [5.41, 5.74) is 1.39. The van der Waals surface area contributed by atoms with Crippen molar-refractivity contribution in [2.75, 3.05) is 18.6 Å². The molecule has 3 heteroatoms. The van der Waals surface area contributed by atoms with Crippen LogP contribution in [0.2, 0.25) is 0 Å². The van der Waals surface area contributed by atoms with Crippen LogP contribution >= 0.6 is 0 Å². The standard InChI is InChI=1S/C12H25NOS/c1-11(2)7-5-8-12(3)13-9-6-10-15(4)14/h7,12-13H,5-6,8-10H2,1-4H3. The number of hydrogen-bond donors (Lipinski definition) is 1. The molecule has 0 radical (unpaired) electrons. The van der Waals surface area contributed by atoms with Crippen molar-refractivity contribution in [3.8, 4) is 0 Å². The van der Waals surface area contributed by atoms with Crippen molar-refractivity contribution in [3.63, 3.8) is 0 Å². The molecule has 0 fully saturated rings. The highest BCUT2D eigenvalue weighted by Gasteiger charge is 1.99. The minimum absolute atomic E-state index is 0.561. The third-order valence-corrected chi connectivity index (χ3v) is 3.12. The summed E-state index contributed by atoms with van der Waals surface area (Å²) < 4.78 is 10.8. The predicted octanol–water partition coefficient (Wildman–Crippen LogP) is 2.48. The third-order valence-electron chi connectivity index (χ3n) is 2.25. The van der Waals surface area contributed by atoms with E-state index < -0.39 is 10.8 Å². The average molecular weight is 231 g/mol. The van der Waals surface area contributed by atoms with E-state index in [-0.39, 0.29) is 0 Å². The Bertz CT molecular complexity index is 210. The van der Waals surface area contributed by atoms with Gasteiger partial charge in [-0.1, -0.05) is 11.6 Å². The molecule has 0 aliphatic carbocycles. The molecule has 0 spiro atoms. The van der Waals surface area contributed by atoms with Crippen molar-refractivity contribution >= 4 is 10.8 Å². The zero-order valence-corrected chi connectivity index (χ0v) is 11.3. The summed E-state index contributed by atoms with van der Waals surface area (Å²) in [6.07, 6.45) is 7.38. The molecule has 2 nitrogen and oxygen atoms in total. The van der Waals surface area contributed by atoms with Crippen LogP contribution in [0.1, 0.15) is 40.0 Å². The van der Waals surface area contributed by atoms with Crippen molar-refractivity contribution < 1.29 is 4.21 Å². The van der Waals surface area contributed by atoms with Crippen molar-refractivity contribution in [1.82, 2.24) is 5.32 Å². The van der Waals surface area contributed by atoms with E-state index in [4.69, 9.17) is 0 Å². The highest BCUT2D eigenvalue weighted by molar-refractivity contribution is 7.84. The summed E-state index contributed by atoms with van der Waals surface area (Å²) in [6.45, 7) is 7.46. The lowest BCUT2D eigenvalue weighted by atomic mass is 10.1. The third kappa shape index (κ3) is 11.8. The first-order chi connectivity index (χ1) is 7.02. The maximum Gasteiger partial charge on any atom is 0.0244 e. The Morgan fingerprint density at radius 3 is 2.67 bits per heavy atom. The van der Waals surface area contributed by atoms with E-state index in [1.54, 1.807) is 6.26 Å². The maximum atomic E-state index is 10.8. The summed E-state index contributed by atoms with van der Waals surface area (Å²) in [4.78, 5) is 0. The molecule has 0 amide bonds. The molecule has 0 aromatic rings. The number of hydrogen-bond acceptors (Lipinski definition) is 2. The van der Waals surface area contributed by atoms with Gasteiger partial charge in [-0.05, 0) is 46.6 Å². The fourth-order valence-electron chi connectivity index (χ4n) is 1.35. The Labute approximate surface area is 97.0 Å². The van der Waals surface area contributed by atoms with Gasteiger partial charge in [-0.15, -0.1) is 0 Å². The second kappa shape index (κ2) is 9.10. The van der Waals surface area contributed by atoms with Crippen LogP contribution in [0.25, 0.3) is 0 Å². The smallest absolute Gasteiger partial charge is 0.0244 e. The van der Waals surface area contributed by atoms with E-state index in [1.807, 2.05) is 0 Å². The van der Waals surface area contributed by atoms with Crippen LogP contribution < -0.4 is 5.32 Å². The lowest BCUT2D eigenvalue weighted by molar-refractivity contribution is 0.517. The van der Waals surface area contributed by atoms with Gasteiger partial charge in [0.2, 0.25) is 0 Å². The molecular weight excluding hydrogens is 206 g/mol. The van der Waals surface area contributed by atoms with E-state index >= 15 is 0 Å². The van der Waals surface area contributed by atoms with Gasteiger partial charge < -0.3 is 5.32 Å². The summed E-state index contributed by atoms with van der Waals surface area (Å²) in [5, 5.41) is 3.45. The number of rotatable bonds is 8. The Morgan fingerprint density at radius 2 is 2.13 bits per heavy atom. The van der Waals surface area contributed by atoms with Gasteiger partial charge in [0.15, 0.2) is 0 Å². The molecule has 0 saturated heterocycles. The molecule has 0 aromatic heterocycles. The van der Waals surface area contributed by atoms with Gasteiger partial charge in [0, 0.05) is 28.9 Å². The second-order valence-electron chi connectivity index (χ2n) is 4.34.